The van der Waals surface area contributed by atoms with Gasteiger partial charge in [0.25, 0.3) is 0 Å². The molecule has 0 bridgehead atoms. The molecule has 0 aliphatic carbocycles. The van der Waals surface area contributed by atoms with E-state index in [1.165, 1.54) is 83.3 Å². The molecule has 0 atom stereocenters. The van der Waals surface area contributed by atoms with Gasteiger partial charge < -0.3 is 13.9 Å². The Morgan fingerprint density at radius 3 is 1.44 bits per heavy atom. The molecule has 0 N–H and O–H groups in total. The van der Waals surface area contributed by atoms with Gasteiger partial charge in [0.2, 0.25) is 11.5 Å². The largest absolute Gasteiger partial charge is 0.462 e. The minimum absolute atomic E-state index is 0.207. The normalized spacial score (nSPS) is 11.0. The second-order valence-corrected chi connectivity index (χ2v) is 9.59. The Bertz CT molecular complexity index is 649. The predicted octanol–water partition coefficient (Wildman–Crippen LogP) is 9.24. The smallest absolute Gasteiger partial charge is 0.311 e. The second-order valence-electron chi connectivity index (χ2n) is 9.59. The monoisotopic (exact) mass is 478 g/mol. The number of unbranched alkanes of at least 4 members (excludes halogenated alkanes) is 16. The Labute approximate surface area is 208 Å². The third-order valence-corrected chi connectivity index (χ3v) is 6.29. The molecule has 0 aliphatic heterocycles. The quantitative estimate of drug-likeness (QED) is 0.123. The maximum absolute atomic E-state index is 12.3. The fraction of sp³-hybridized carbons (Fsp3) is 0.793. The molecule has 196 valence electrons. The zero-order chi connectivity index (χ0) is 24.9. The highest BCUT2D eigenvalue weighted by atomic mass is 16.6. The van der Waals surface area contributed by atoms with Gasteiger partial charge in [-0.15, -0.1) is 0 Å². The first kappa shape index (κ1) is 30.3. The number of carbonyl (C=O) groups excluding carboxylic acids is 2. The van der Waals surface area contributed by atoms with Gasteiger partial charge in [-0.05, 0) is 19.8 Å². The standard InChI is InChI=1S/C29H50O5/c1-4-6-8-10-12-14-16-18-20-22-27(30)33-26-24-32-25(3)29(26)34-28(31)23-21-19-17-15-13-11-9-7-5-2/h24H,4-23H2,1-3H3. The Hall–Kier alpha value is -1.78. The topological polar surface area (TPSA) is 65.7 Å². The van der Waals surface area contributed by atoms with Crippen LogP contribution >= 0.6 is 0 Å². The van der Waals surface area contributed by atoms with Crippen LogP contribution in [-0.2, 0) is 9.59 Å². The van der Waals surface area contributed by atoms with Crippen LogP contribution in [0.25, 0.3) is 0 Å². The van der Waals surface area contributed by atoms with Crippen LogP contribution in [0.15, 0.2) is 10.7 Å². The summed E-state index contributed by atoms with van der Waals surface area (Å²) in [6, 6.07) is 0. The van der Waals surface area contributed by atoms with Gasteiger partial charge in [-0.2, -0.15) is 0 Å². The van der Waals surface area contributed by atoms with E-state index in [-0.39, 0.29) is 23.4 Å². The fourth-order valence-electron chi connectivity index (χ4n) is 4.11. The van der Waals surface area contributed by atoms with Crippen LogP contribution < -0.4 is 9.47 Å². The molecule has 0 fully saturated rings. The zero-order valence-corrected chi connectivity index (χ0v) is 22.3. The highest BCUT2D eigenvalue weighted by Gasteiger charge is 2.19. The highest BCUT2D eigenvalue weighted by molar-refractivity contribution is 5.76. The number of rotatable bonds is 22. The predicted molar refractivity (Wildman–Crippen MR) is 138 cm³/mol. The van der Waals surface area contributed by atoms with Gasteiger partial charge in [-0.25, -0.2) is 0 Å². The van der Waals surface area contributed by atoms with Crippen LogP contribution in [0.3, 0.4) is 0 Å². The van der Waals surface area contributed by atoms with E-state index in [9.17, 15) is 9.59 Å². The lowest BCUT2D eigenvalue weighted by atomic mass is 10.1. The van der Waals surface area contributed by atoms with Crippen LogP contribution in [0, 0.1) is 6.92 Å². The highest BCUT2D eigenvalue weighted by Crippen LogP contribution is 2.34. The van der Waals surface area contributed by atoms with Gasteiger partial charge in [-0.1, -0.05) is 117 Å². The number of esters is 2. The molecular formula is C29H50O5. The van der Waals surface area contributed by atoms with Crippen molar-refractivity contribution in [1.29, 1.82) is 0 Å². The van der Waals surface area contributed by atoms with Gasteiger partial charge in [0, 0.05) is 12.8 Å². The molecular weight excluding hydrogens is 428 g/mol. The third-order valence-electron chi connectivity index (χ3n) is 6.29. The first-order valence-corrected chi connectivity index (χ1v) is 14.1. The van der Waals surface area contributed by atoms with Crippen molar-refractivity contribution in [1.82, 2.24) is 0 Å². The van der Waals surface area contributed by atoms with Crippen molar-refractivity contribution >= 4 is 11.9 Å². The molecule has 1 aromatic rings. The van der Waals surface area contributed by atoms with E-state index in [0.717, 1.165) is 38.5 Å². The van der Waals surface area contributed by atoms with Crippen molar-refractivity contribution in [2.45, 2.75) is 149 Å². The van der Waals surface area contributed by atoms with Crippen molar-refractivity contribution < 1.29 is 23.5 Å². The number of aryl methyl sites for hydroxylation is 1. The van der Waals surface area contributed by atoms with E-state index in [1.807, 2.05) is 0 Å². The number of furan rings is 1. The number of hydrogen-bond acceptors (Lipinski definition) is 5. The summed E-state index contributed by atoms with van der Waals surface area (Å²) in [7, 11) is 0. The van der Waals surface area contributed by atoms with Gasteiger partial charge >= 0.3 is 11.9 Å². The minimum atomic E-state index is -0.306. The molecule has 5 heteroatoms. The molecule has 0 spiro atoms. The van der Waals surface area contributed by atoms with Crippen LogP contribution in [0.5, 0.6) is 11.5 Å². The molecule has 0 amide bonds. The molecule has 0 unspecified atom stereocenters. The lowest BCUT2D eigenvalue weighted by Gasteiger charge is -2.07. The van der Waals surface area contributed by atoms with Crippen LogP contribution in [0.2, 0.25) is 0 Å². The van der Waals surface area contributed by atoms with Crippen molar-refractivity contribution in [3.8, 4) is 11.5 Å². The summed E-state index contributed by atoms with van der Waals surface area (Å²) in [6.07, 6.45) is 23.7. The molecule has 1 rings (SSSR count). The molecule has 0 aromatic carbocycles. The molecule has 1 aromatic heterocycles. The first-order valence-electron chi connectivity index (χ1n) is 14.1. The summed E-state index contributed by atoms with van der Waals surface area (Å²) in [5, 5.41) is 0. The van der Waals surface area contributed by atoms with Crippen molar-refractivity contribution in [2.24, 2.45) is 0 Å². The molecule has 34 heavy (non-hydrogen) atoms. The molecule has 0 saturated heterocycles. The number of ether oxygens (including phenoxy) is 2. The summed E-state index contributed by atoms with van der Waals surface area (Å²) >= 11 is 0. The van der Waals surface area contributed by atoms with Crippen LogP contribution in [-0.4, -0.2) is 11.9 Å². The fourth-order valence-corrected chi connectivity index (χ4v) is 4.11. The summed E-state index contributed by atoms with van der Waals surface area (Å²) in [5.41, 5.74) is 0. The average Bonchev–Trinajstić information content (AvgIpc) is 3.15. The van der Waals surface area contributed by atoms with E-state index in [0.29, 0.717) is 18.6 Å². The summed E-state index contributed by atoms with van der Waals surface area (Å²) < 4.78 is 16.2. The lowest BCUT2D eigenvalue weighted by Crippen LogP contribution is -2.11. The first-order chi connectivity index (χ1) is 16.6. The van der Waals surface area contributed by atoms with Gasteiger partial charge in [-0.3, -0.25) is 9.59 Å². The van der Waals surface area contributed by atoms with E-state index in [1.54, 1.807) is 6.92 Å². The molecule has 1 heterocycles. The van der Waals surface area contributed by atoms with Crippen LogP contribution in [0.4, 0.5) is 0 Å². The van der Waals surface area contributed by atoms with E-state index < -0.39 is 0 Å². The molecule has 0 saturated carbocycles. The van der Waals surface area contributed by atoms with E-state index in [2.05, 4.69) is 13.8 Å². The summed E-state index contributed by atoms with van der Waals surface area (Å²) in [6.45, 7) is 6.17. The van der Waals surface area contributed by atoms with E-state index in [4.69, 9.17) is 13.9 Å². The number of hydrogen-bond donors (Lipinski definition) is 0. The van der Waals surface area contributed by atoms with Crippen molar-refractivity contribution in [3.05, 3.63) is 12.0 Å². The maximum atomic E-state index is 12.3. The average molecular weight is 479 g/mol. The Morgan fingerprint density at radius 1 is 0.618 bits per heavy atom. The maximum Gasteiger partial charge on any atom is 0.311 e. The third kappa shape index (κ3) is 15.2. The zero-order valence-electron chi connectivity index (χ0n) is 22.3. The number of carbonyl (C=O) groups is 2. The molecule has 5 nitrogen and oxygen atoms in total. The van der Waals surface area contributed by atoms with E-state index >= 15 is 0 Å². The minimum Gasteiger partial charge on any atom is -0.462 e. The van der Waals surface area contributed by atoms with Gasteiger partial charge in [0.15, 0.2) is 0 Å². The van der Waals surface area contributed by atoms with Crippen molar-refractivity contribution in [2.75, 3.05) is 0 Å². The SMILES string of the molecule is CCCCCCCCCCCC(=O)Oc1coc(C)c1OC(=O)CCCCCCCCCCC. The molecule has 0 radical (unpaired) electrons. The Kier molecular flexibility index (Phi) is 18.3. The van der Waals surface area contributed by atoms with Crippen molar-refractivity contribution in [3.63, 3.8) is 0 Å². The lowest BCUT2D eigenvalue weighted by molar-refractivity contribution is -0.137. The molecule has 0 aliphatic rings. The van der Waals surface area contributed by atoms with Gasteiger partial charge in [0.1, 0.15) is 12.0 Å². The second kappa shape index (κ2) is 20.6. The Balaban J connectivity index is 2.18. The van der Waals surface area contributed by atoms with Crippen LogP contribution in [0.1, 0.15) is 148 Å². The van der Waals surface area contributed by atoms with Gasteiger partial charge in [0.05, 0.1) is 0 Å². The summed E-state index contributed by atoms with van der Waals surface area (Å²) in [4.78, 5) is 24.5. The Morgan fingerprint density at radius 2 is 1.00 bits per heavy atom. The summed E-state index contributed by atoms with van der Waals surface area (Å²) in [5.74, 6) is 0.287.